The van der Waals surface area contributed by atoms with Gasteiger partial charge in [0.15, 0.2) is 0 Å². The number of nitrogens with zero attached hydrogens (tertiary/aromatic N) is 3. The molecule has 0 amide bonds. The molecule has 0 saturated heterocycles. The quantitative estimate of drug-likeness (QED) is 0.158. The van der Waals surface area contributed by atoms with E-state index in [1.165, 1.54) is 0 Å². The molecule has 332 valence electrons. The maximum absolute atomic E-state index is 14.8. The number of rotatable bonds is 5. The van der Waals surface area contributed by atoms with Crippen LogP contribution >= 0.6 is 0 Å². The van der Waals surface area contributed by atoms with Crippen molar-refractivity contribution in [1.29, 1.82) is 5.26 Å². The molecular formula is C55H34F9N3. The third kappa shape index (κ3) is 7.54. The first-order valence-electron chi connectivity index (χ1n) is 21.0. The van der Waals surface area contributed by atoms with Crippen molar-refractivity contribution in [2.75, 3.05) is 0 Å². The topological polar surface area (TPSA) is 33.6 Å². The van der Waals surface area contributed by atoms with E-state index in [9.17, 15) is 44.8 Å². The number of hydrogen-bond acceptors (Lipinski definition) is 1. The highest BCUT2D eigenvalue weighted by atomic mass is 19.4. The highest BCUT2D eigenvalue weighted by Gasteiger charge is 2.34. The van der Waals surface area contributed by atoms with E-state index in [4.69, 9.17) is 0 Å². The molecule has 0 spiro atoms. The van der Waals surface area contributed by atoms with Gasteiger partial charge >= 0.3 is 18.5 Å². The fraction of sp³-hybridized carbons (Fsp3) is 0.109. The number of benzene rings is 8. The van der Waals surface area contributed by atoms with Crippen LogP contribution in [0.25, 0.3) is 88.4 Å². The van der Waals surface area contributed by atoms with Crippen molar-refractivity contribution in [3.63, 3.8) is 0 Å². The molecule has 10 aromatic rings. The summed E-state index contributed by atoms with van der Waals surface area (Å²) in [6.07, 6.45) is -14.0. The van der Waals surface area contributed by atoms with Gasteiger partial charge in [-0.1, -0.05) is 78.9 Å². The van der Waals surface area contributed by atoms with Gasteiger partial charge in [0.25, 0.3) is 0 Å². The summed E-state index contributed by atoms with van der Waals surface area (Å²) in [7, 11) is 0. The Balaban J connectivity index is 1.35. The molecule has 2 aromatic heterocycles. The number of nitriles is 1. The first-order valence-corrected chi connectivity index (χ1v) is 21.0. The Kier molecular flexibility index (Phi) is 9.92. The van der Waals surface area contributed by atoms with Gasteiger partial charge in [-0.25, -0.2) is 0 Å². The second-order valence-corrected chi connectivity index (χ2v) is 16.9. The molecule has 12 heteroatoms. The van der Waals surface area contributed by atoms with E-state index in [2.05, 4.69) is 6.07 Å². The lowest BCUT2D eigenvalue weighted by Crippen LogP contribution is -2.08. The zero-order chi connectivity index (χ0) is 47.3. The summed E-state index contributed by atoms with van der Waals surface area (Å²) in [5.41, 5.74) is 3.33. The molecule has 0 saturated carbocycles. The van der Waals surface area contributed by atoms with E-state index in [0.717, 1.165) is 47.2 Å². The maximum Gasteiger partial charge on any atom is 0.416 e. The molecule has 10 rings (SSSR count). The van der Waals surface area contributed by atoms with Crippen molar-refractivity contribution < 1.29 is 39.5 Å². The third-order valence-corrected chi connectivity index (χ3v) is 12.2. The van der Waals surface area contributed by atoms with Crippen molar-refractivity contribution in [2.24, 2.45) is 0 Å². The van der Waals surface area contributed by atoms with Crippen LogP contribution in [0.2, 0.25) is 0 Å². The van der Waals surface area contributed by atoms with Gasteiger partial charge in [0.1, 0.15) is 0 Å². The second-order valence-electron chi connectivity index (χ2n) is 16.9. The predicted molar refractivity (Wildman–Crippen MR) is 245 cm³/mol. The molecular weight excluding hydrogens is 874 g/mol. The molecule has 3 nitrogen and oxygen atoms in total. The van der Waals surface area contributed by atoms with E-state index in [0.29, 0.717) is 83.2 Å². The minimum Gasteiger partial charge on any atom is -0.308 e. The van der Waals surface area contributed by atoms with Crippen molar-refractivity contribution in [3.8, 4) is 50.8 Å². The van der Waals surface area contributed by atoms with E-state index in [-0.39, 0.29) is 16.7 Å². The fourth-order valence-electron chi connectivity index (χ4n) is 9.46. The van der Waals surface area contributed by atoms with Gasteiger partial charge in [-0.05, 0) is 138 Å². The lowest BCUT2D eigenvalue weighted by atomic mass is 9.94. The SMILES string of the molecule is Cc1cc(-c2ccc3c4ccccc4n(-c4cc(C#N)cc(-n5c6ccccc6c6ccc(-c7cc(C)cc(C(F)(F)F)c7)cc65)c4-c4cc(C)cc(C(F)(F)F)c4)c3c2)cc(C(F)(F)F)c1. The zero-order valence-electron chi connectivity index (χ0n) is 35.7. The number of hydrogen-bond donors (Lipinski definition) is 0. The number of halogens is 9. The monoisotopic (exact) mass is 907 g/mol. The van der Waals surface area contributed by atoms with Crippen molar-refractivity contribution in [2.45, 2.75) is 39.3 Å². The van der Waals surface area contributed by atoms with Crippen LogP contribution in [0.3, 0.4) is 0 Å². The first-order chi connectivity index (χ1) is 31.8. The number of alkyl halides is 9. The van der Waals surface area contributed by atoms with E-state index >= 15 is 0 Å². The van der Waals surface area contributed by atoms with Gasteiger partial charge in [-0.2, -0.15) is 44.8 Å². The average molecular weight is 908 g/mol. The molecule has 0 radical (unpaired) electrons. The molecule has 0 aliphatic carbocycles. The van der Waals surface area contributed by atoms with E-state index in [1.54, 1.807) is 99.6 Å². The molecule has 0 atom stereocenters. The standard InChI is InChI=1S/C55H34F9N3/c1-30-16-36(24-39(19-30)53(56,57)58)34-12-14-44-42-8-4-6-10-46(42)66(48(44)27-34)50-22-33(29-65)23-51(52(50)38-18-32(3)21-41(26-38)55(62,63)64)67-47-11-7-5-9-43(47)45-15-13-35(28-49(45)67)37-17-31(2)20-40(25-37)54(59,60)61/h4-28H,1-3H3. The maximum atomic E-state index is 14.8. The lowest BCUT2D eigenvalue weighted by molar-refractivity contribution is -0.138. The molecule has 67 heavy (non-hydrogen) atoms. The van der Waals surface area contributed by atoms with Crippen LogP contribution in [0, 0.1) is 32.1 Å². The predicted octanol–water partition coefficient (Wildman–Crippen LogP) is 16.7. The van der Waals surface area contributed by atoms with Gasteiger partial charge < -0.3 is 9.13 Å². The van der Waals surface area contributed by atoms with Crippen molar-refractivity contribution in [3.05, 3.63) is 191 Å². The number of para-hydroxylation sites is 2. The summed E-state index contributed by atoms with van der Waals surface area (Å²) < 4.78 is 133. The average Bonchev–Trinajstić information content (AvgIpc) is 3.79. The van der Waals surface area contributed by atoms with Crippen LogP contribution in [-0.4, -0.2) is 9.13 Å². The molecule has 8 aromatic carbocycles. The number of fused-ring (bicyclic) bond motifs is 6. The second kappa shape index (κ2) is 15.4. The summed E-state index contributed by atoms with van der Waals surface area (Å²) in [5, 5.41) is 13.7. The summed E-state index contributed by atoms with van der Waals surface area (Å²) in [6.45, 7) is 4.70. The Bertz CT molecular complexity index is 3510. The Morgan fingerprint density at radius 2 is 0.731 bits per heavy atom. The van der Waals surface area contributed by atoms with Crippen LogP contribution < -0.4 is 0 Å². The van der Waals surface area contributed by atoms with Crippen LogP contribution in [0.4, 0.5) is 39.5 Å². The van der Waals surface area contributed by atoms with Crippen LogP contribution in [-0.2, 0) is 18.5 Å². The molecule has 0 aliphatic heterocycles. The van der Waals surface area contributed by atoms with Gasteiger partial charge in [0, 0.05) is 27.1 Å². The molecule has 0 aliphatic rings. The minimum absolute atomic E-state index is 0.128. The smallest absolute Gasteiger partial charge is 0.308 e. The lowest BCUT2D eigenvalue weighted by Gasteiger charge is -2.22. The van der Waals surface area contributed by atoms with Crippen molar-refractivity contribution >= 4 is 43.6 Å². The molecule has 0 bridgehead atoms. The van der Waals surface area contributed by atoms with E-state index < -0.39 is 35.2 Å². The van der Waals surface area contributed by atoms with Gasteiger partial charge in [-0.3, -0.25) is 0 Å². The Morgan fingerprint density at radius 1 is 0.373 bits per heavy atom. The minimum atomic E-state index is -4.76. The Labute approximate surface area is 377 Å². The summed E-state index contributed by atoms with van der Waals surface area (Å²) >= 11 is 0. The van der Waals surface area contributed by atoms with Crippen molar-refractivity contribution in [1.82, 2.24) is 9.13 Å². The number of aryl methyl sites for hydroxylation is 3. The highest BCUT2D eigenvalue weighted by molar-refractivity contribution is 6.13. The zero-order valence-corrected chi connectivity index (χ0v) is 35.7. The summed E-state index contributed by atoms with van der Waals surface area (Å²) in [5.74, 6) is 0. The molecule has 2 heterocycles. The fourth-order valence-corrected chi connectivity index (χ4v) is 9.46. The van der Waals surface area contributed by atoms with E-state index in [1.807, 2.05) is 45.5 Å². The van der Waals surface area contributed by atoms with Crippen LogP contribution in [0.15, 0.2) is 152 Å². The largest absolute Gasteiger partial charge is 0.416 e. The molecule has 0 fully saturated rings. The normalized spacial score (nSPS) is 12.5. The summed E-state index contributed by atoms with van der Waals surface area (Å²) in [6, 6.07) is 41.9. The van der Waals surface area contributed by atoms with Gasteiger partial charge in [0.2, 0.25) is 0 Å². The Hall–Kier alpha value is -7.78. The first kappa shape index (κ1) is 43.1. The van der Waals surface area contributed by atoms with Gasteiger partial charge in [-0.15, -0.1) is 0 Å². The molecule has 0 N–H and O–H groups in total. The highest BCUT2D eigenvalue weighted by Crippen LogP contribution is 2.46. The molecule has 0 unspecified atom stereocenters. The van der Waals surface area contributed by atoms with Gasteiger partial charge in [0.05, 0.1) is 61.8 Å². The Morgan fingerprint density at radius 3 is 1.12 bits per heavy atom. The van der Waals surface area contributed by atoms with Crippen LogP contribution in [0.5, 0.6) is 0 Å². The third-order valence-electron chi connectivity index (χ3n) is 12.2. The van der Waals surface area contributed by atoms with Crippen LogP contribution in [0.1, 0.15) is 38.9 Å². The number of aromatic nitrogens is 2. The summed E-state index contributed by atoms with van der Waals surface area (Å²) in [4.78, 5) is 0.